The largest absolute Gasteiger partial charge is 0.484 e. The van der Waals surface area contributed by atoms with Crippen LogP contribution in [0.25, 0.3) is 0 Å². The van der Waals surface area contributed by atoms with E-state index in [1.165, 1.54) is 12.8 Å². The van der Waals surface area contributed by atoms with Gasteiger partial charge in [0.2, 0.25) is 0 Å². The number of nitrogens with zero attached hydrogens (tertiary/aromatic N) is 4. The number of hydrogen-bond donors (Lipinski definition) is 0. The van der Waals surface area contributed by atoms with Crippen molar-refractivity contribution in [2.24, 2.45) is 0 Å². The molecular formula is C19H22N4O2. The Kier molecular flexibility index (Phi) is 4.50. The molecule has 1 aliphatic carbocycles. The highest BCUT2D eigenvalue weighted by molar-refractivity contribution is 5.78. The van der Waals surface area contributed by atoms with E-state index < -0.39 is 0 Å². The SMILES string of the molecule is O=C(COc1ccccc1)N1CCN(c2ccc(C3CC3)nn2)CC1. The van der Waals surface area contributed by atoms with E-state index >= 15 is 0 Å². The van der Waals surface area contributed by atoms with Gasteiger partial charge in [-0.05, 0) is 37.1 Å². The van der Waals surface area contributed by atoms with Crippen molar-refractivity contribution in [2.45, 2.75) is 18.8 Å². The summed E-state index contributed by atoms with van der Waals surface area (Å²) in [5, 5.41) is 8.70. The monoisotopic (exact) mass is 338 g/mol. The fourth-order valence-corrected chi connectivity index (χ4v) is 3.04. The summed E-state index contributed by atoms with van der Waals surface area (Å²) in [4.78, 5) is 16.3. The molecule has 1 saturated carbocycles. The Bertz CT molecular complexity index is 708. The molecule has 130 valence electrons. The number of piperazine rings is 1. The van der Waals surface area contributed by atoms with Gasteiger partial charge >= 0.3 is 0 Å². The second-order valence-electron chi connectivity index (χ2n) is 6.56. The zero-order valence-corrected chi connectivity index (χ0v) is 14.2. The molecule has 0 radical (unpaired) electrons. The normalized spacial score (nSPS) is 17.4. The molecule has 0 unspecified atom stereocenters. The first-order valence-corrected chi connectivity index (χ1v) is 8.84. The first-order valence-electron chi connectivity index (χ1n) is 8.84. The lowest BCUT2D eigenvalue weighted by Gasteiger charge is -2.35. The van der Waals surface area contributed by atoms with E-state index in [2.05, 4.69) is 27.2 Å². The van der Waals surface area contributed by atoms with Crippen LogP contribution < -0.4 is 9.64 Å². The number of benzene rings is 1. The van der Waals surface area contributed by atoms with Crippen LogP contribution in [0.15, 0.2) is 42.5 Å². The predicted molar refractivity (Wildman–Crippen MR) is 94.7 cm³/mol. The topological polar surface area (TPSA) is 58.6 Å². The molecule has 1 aromatic carbocycles. The van der Waals surface area contributed by atoms with Gasteiger partial charge in [-0.3, -0.25) is 4.79 Å². The zero-order chi connectivity index (χ0) is 17.1. The van der Waals surface area contributed by atoms with Gasteiger partial charge in [-0.2, -0.15) is 5.10 Å². The summed E-state index contributed by atoms with van der Waals surface area (Å²) in [6.07, 6.45) is 2.47. The highest BCUT2D eigenvalue weighted by Crippen LogP contribution is 2.38. The van der Waals surface area contributed by atoms with Gasteiger partial charge in [0.1, 0.15) is 5.75 Å². The third-order valence-corrected chi connectivity index (χ3v) is 4.73. The maximum Gasteiger partial charge on any atom is 0.260 e. The van der Waals surface area contributed by atoms with Crippen molar-refractivity contribution in [3.8, 4) is 5.75 Å². The van der Waals surface area contributed by atoms with Crippen molar-refractivity contribution in [3.05, 3.63) is 48.2 Å². The standard InChI is InChI=1S/C19H22N4O2/c24-19(14-25-16-4-2-1-3-5-16)23-12-10-22(11-13-23)18-9-8-17(20-21-18)15-6-7-15/h1-5,8-9,15H,6-7,10-14H2. The molecule has 1 amide bonds. The number of aromatic nitrogens is 2. The summed E-state index contributed by atoms with van der Waals surface area (Å²) in [6.45, 7) is 3.00. The number of amides is 1. The second kappa shape index (κ2) is 7.09. The van der Waals surface area contributed by atoms with Gasteiger partial charge in [-0.15, -0.1) is 5.10 Å². The van der Waals surface area contributed by atoms with Crippen LogP contribution in [0.4, 0.5) is 5.82 Å². The first-order chi connectivity index (χ1) is 12.3. The molecule has 25 heavy (non-hydrogen) atoms. The lowest BCUT2D eigenvalue weighted by Crippen LogP contribution is -2.50. The average Bonchev–Trinajstić information content (AvgIpc) is 3.53. The van der Waals surface area contributed by atoms with Crippen LogP contribution in [0.3, 0.4) is 0 Å². The van der Waals surface area contributed by atoms with Gasteiger partial charge in [-0.25, -0.2) is 0 Å². The van der Waals surface area contributed by atoms with Gasteiger partial charge < -0.3 is 14.5 Å². The number of rotatable bonds is 5. The zero-order valence-electron chi connectivity index (χ0n) is 14.2. The summed E-state index contributed by atoms with van der Waals surface area (Å²) in [6, 6.07) is 13.6. The van der Waals surface area contributed by atoms with E-state index in [0.29, 0.717) is 19.0 Å². The number of carbonyl (C=O) groups excluding carboxylic acids is 1. The molecule has 1 aromatic heterocycles. The smallest absolute Gasteiger partial charge is 0.260 e. The molecule has 4 rings (SSSR count). The van der Waals surface area contributed by atoms with E-state index in [1.807, 2.05) is 35.2 Å². The van der Waals surface area contributed by atoms with E-state index in [1.54, 1.807) is 0 Å². The number of ether oxygens (including phenoxy) is 1. The molecule has 2 fully saturated rings. The minimum atomic E-state index is 0.0265. The number of hydrogen-bond acceptors (Lipinski definition) is 5. The Morgan fingerprint density at radius 2 is 1.76 bits per heavy atom. The predicted octanol–water partition coefficient (Wildman–Crippen LogP) is 2.08. The molecule has 6 heteroatoms. The molecule has 6 nitrogen and oxygen atoms in total. The van der Waals surface area contributed by atoms with E-state index in [-0.39, 0.29) is 12.5 Å². The first kappa shape index (κ1) is 15.9. The van der Waals surface area contributed by atoms with Gasteiger partial charge in [0.25, 0.3) is 5.91 Å². The maximum atomic E-state index is 12.3. The second-order valence-corrected chi connectivity index (χ2v) is 6.56. The van der Waals surface area contributed by atoms with Crippen LogP contribution >= 0.6 is 0 Å². The van der Waals surface area contributed by atoms with Crippen LogP contribution in [0.5, 0.6) is 5.75 Å². The van der Waals surface area contributed by atoms with Gasteiger partial charge in [-0.1, -0.05) is 18.2 Å². The van der Waals surface area contributed by atoms with Gasteiger partial charge in [0.05, 0.1) is 5.69 Å². The summed E-state index contributed by atoms with van der Waals surface area (Å²) in [7, 11) is 0. The number of anilines is 1. The van der Waals surface area contributed by atoms with Crippen molar-refractivity contribution < 1.29 is 9.53 Å². The number of para-hydroxylation sites is 1. The molecule has 1 saturated heterocycles. The fourth-order valence-electron chi connectivity index (χ4n) is 3.04. The molecule has 0 bridgehead atoms. The molecule has 2 aromatic rings. The lowest BCUT2D eigenvalue weighted by molar-refractivity contribution is -0.133. The fraction of sp³-hybridized carbons (Fsp3) is 0.421. The lowest BCUT2D eigenvalue weighted by atomic mass is 10.2. The van der Waals surface area contributed by atoms with E-state index in [9.17, 15) is 4.79 Å². The van der Waals surface area contributed by atoms with Gasteiger partial charge in [0, 0.05) is 32.1 Å². The molecule has 1 aliphatic heterocycles. The molecular weight excluding hydrogens is 316 g/mol. The molecule has 0 atom stereocenters. The van der Waals surface area contributed by atoms with E-state index in [4.69, 9.17) is 4.74 Å². The summed E-state index contributed by atoms with van der Waals surface area (Å²) >= 11 is 0. The Balaban J connectivity index is 1.26. The Labute approximate surface area is 147 Å². The van der Waals surface area contributed by atoms with Crippen LogP contribution in [-0.2, 0) is 4.79 Å². The van der Waals surface area contributed by atoms with Crippen LogP contribution in [0.1, 0.15) is 24.5 Å². The summed E-state index contributed by atoms with van der Waals surface area (Å²) in [5.74, 6) is 2.27. The van der Waals surface area contributed by atoms with Crippen molar-refractivity contribution in [3.63, 3.8) is 0 Å². The van der Waals surface area contributed by atoms with Crippen LogP contribution in [-0.4, -0.2) is 53.8 Å². The van der Waals surface area contributed by atoms with Crippen molar-refractivity contribution >= 4 is 11.7 Å². The molecule has 2 aliphatic rings. The van der Waals surface area contributed by atoms with E-state index in [0.717, 1.165) is 30.4 Å². The van der Waals surface area contributed by atoms with Crippen molar-refractivity contribution in [2.75, 3.05) is 37.7 Å². The van der Waals surface area contributed by atoms with Crippen LogP contribution in [0, 0.1) is 0 Å². The minimum Gasteiger partial charge on any atom is -0.484 e. The molecule has 0 spiro atoms. The highest BCUT2D eigenvalue weighted by atomic mass is 16.5. The Morgan fingerprint density at radius 3 is 2.40 bits per heavy atom. The van der Waals surface area contributed by atoms with Gasteiger partial charge in [0.15, 0.2) is 12.4 Å². The highest BCUT2D eigenvalue weighted by Gasteiger charge is 2.26. The summed E-state index contributed by atoms with van der Waals surface area (Å²) in [5.41, 5.74) is 1.11. The minimum absolute atomic E-state index is 0.0265. The summed E-state index contributed by atoms with van der Waals surface area (Å²) < 4.78 is 5.55. The quantitative estimate of drug-likeness (QED) is 0.835. The number of carbonyl (C=O) groups is 1. The Morgan fingerprint density at radius 1 is 1.00 bits per heavy atom. The molecule has 2 heterocycles. The van der Waals surface area contributed by atoms with Crippen molar-refractivity contribution in [1.29, 1.82) is 0 Å². The average molecular weight is 338 g/mol. The van der Waals surface area contributed by atoms with Crippen LogP contribution in [0.2, 0.25) is 0 Å². The third kappa shape index (κ3) is 3.90. The Hall–Kier alpha value is -2.63. The maximum absolute atomic E-state index is 12.3. The molecule has 0 N–H and O–H groups in total. The third-order valence-electron chi connectivity index (χ3n) is 4.73. The van der Waals surface area contributed by atoms with Crippen molar-refractivity contribution in [1.82, 2.24) is 15.1 Å².